The monoisotopic (exact) mass is 398 g/mol. The number of benzene rings is 1. The molecule has 0 heterocycles. The number of carbonyl (C=O) groups is 3. The Morgan fingerprint density at radius 3 is 2.34 bits per heavy atom. The highest BCUT2D eigenvalue weighted by atomic mass is 16.5. The molecule has 0 saturated heterocycles. The summed E-state index contributed by atoms with van der Waals surface area (Å²) in [7, 11) is 0. The molecule has 0 radical (unpaired) electrons. The highest BCUT2D eigenvalue weighted by Gasteiger charge is 2.61. The topological polar surface area (TPSA) is 75.7 Å². The molecular formula is C23H30N2O4. The van der Waals surface area contributed by atoms with Gasteiger partial charge in [-0.3, -0.25) is 14.4 Å². The van der Waals surface area contributed by atoms with E-state index in [0.717, 1.165) is 37.8 Å². The van der Waals surface area contributed by atoms with Gasteiger partial charge in [-0.1, -0.05) is 18.2 Å². The Hall–Kier alpha value is -2.37. The van der Waals surface area contributed by atoms with Gasteiger partial charge in [-0.25, -0.2) is 0 Å². The van der Waals surface area contributed by atoms with E-state index in [1.807, 2.05) is 37.3 Å². The lowest BCUT2D eigenvalue weighted by Gasteiger charge is -2.60. The van der Waals surface area contributed by atoms with Crippen LogP contribution in [-0.4, -0.2) is 36.5 Å². The van der Waals surface area contributed by atoms with Gasteiger partial charge in [0.05, 0.1) is 5.41 Å². The van der Waals surface area contributed by atoms with Crippen LogP contribution in [0.4, 0.5) is 5.69 Å². The van der Waals surface area contributed by atoms with Crippen LogP contribution in [0.25, 0.3) is 0 Å². The molecule has 2 amide bonds. The van der Waals surface area contributed by atoms with Gasteiger partial charge in [0.15, 0.2) is 6.61 Å². The zero-order valence-electron chi connectivity index (χ0n) is 17.3. The molecule has 4 aliphatic carbocycles. The van der Waals surface area contributed by atoms with E-state index in [1.165, 1.54) is 0 Å². The van der Waals surface area contributed by atoms with Crippen LogP contribution >= 0.6 is 0 Å². The van der Waals surface area contributed by atoms with E-state index < -0.39 is 5.41 Å². The zero-order chi connectivity index (χ0) is 20.6. The maximum Gasteiger partial charge on any atom is 0.312 e. The van der Waals surface area contributed by atoms with Crippen molar-refractivity contribution in [3.63, 3.8) is 0 Å². The molecule has 0 spiro atoms. The van der Waals surface area contributed by atoms with E-state index >= 15 is 0 Å². The van der Waals surface area contributed by atoms with Crippen LogP contribution in [0.2, 0.25) is 0 Å². The predicted molar refractivity (Wildman–Crippen MR) is 109 cm³/mol. The molecule has 29 heavy (non-hydrogen) atoms. The van der Waals surface area contributed by atoms with Crippen molar-refractivity contribution in [3.8, 4) is 0 Å². The number of rotatable bonds is 6. The molecule has 4 saturated carbocycles. The van der Waals surface area contributed by atoms with Crippen LogP contribution < -0.4 is 10.2 Å². The molecule has 1 aromatic rings. The molecule has 4 aliphatic rings. The van der Waals surface area contributed by atoms with Gasteiger partial charge in [-0.05, 0) is 69.4 Å². The van der Waals surface area contributed by atoms with Gasteiger partial charge in [-0.15, -0.1) is 0 Å². The van der Waals surface area contributed by atoms with Crippen molar-refractivity contribution in [2.45, 2.75) is 57.9 Å². The standard InChI is InChI=1S/C23H30N2O4/c1-3-25(19-7-5-4-6-8-19)20(27)14-29-21(28)22-10-17-9-18(11-22)13-23(12-17,15-22)24-16(2)26/h4-8,17-18H,3,9-15H2,1-2H3,(H,24,26). The lowest BCUT2D eigenvalue weighted by molar-refractivity contribution is -0.177. The number of nitrogens with zero attached hydrogens (tertiary/aromatic N) is 1. The maximum atomic E-state index is 13.2. The first-order chi connectivity index (χ1) is 13.8. The van der Waals surface area contributed by atoms with Gasteiger partial charge in [0, 0.05) is 24.7 Å². The summed E-state index contributed by atoms with van der Waals surface area (Å²) < 4.78 is 5.60. The van der Waals surface area contributed by atoms with Crippen LogP contribution in [-0.2, 0) is 19.1 Å². The summed E-state index contributed by atoms with van der Waals surface area (Å²) in [5, 5.41) is 3.16. The van der Waals surface area contributed by atoms with Crippen molar-refractivity contribution in [1.29, 1.82) is 0 Å². The van der Waals surface area contributed by atoms with E-state index in [4.69, 9.17) is 4.74 Å². The fourth-order valence-corrected chi connectivity index (χ4v) is 6.49. The second-order valence-corrected chi connectivity index (χ2v) is 9.25. The third-order valence-electron chi connectivity index (χ3n) is 6.95. The number of nitrogens with one attached hydrogen (secondary N) is 1. The highest BCUT2D eigenvalue weighted by Crippen LogP contribution is 2.62. The van der Waals surface area contributed by atoms with Crippen molar-refractivity contribution in [3.05, 3.63) is 30.3 Å². The van der Waals surface area contributed by atoms with Crippen LogP contribution in [0, 0.1) is 17.3 Å². The fourth-order valence-electron chi connectivity index (χ4n) is 6.49. The van der Waals surface area contributed by atoms with Gasteiger partial charge in [-0.2, -0.15) is 0 Å². The van der Waals surface area contributed by atoms with E-state index in [9.17, 15) is 14.4 Å². The number of amides is 2. The Balaban J connectivity index is 1.44. The fraction of sp³-hybridized carbons (Fsp3) is 0.609. The quantitative estimate of drug-likeness (QED) is 0.748. The molecule has 4 bridgehead atoms. The molecule has 1 aromatic carbocycles. The Morgan fingerprint density at radius 2 is 1.76 bits per heavy atom. The molecule has 6 nitrogen and oxygen atoms in total. The number of ether oxygens (including phenoxy) is 1. The summed E-state index contributed by atoms with van der Waals surface area (Å²) in [6.07, 6.45) is 5.30. The van der Waals surface area contributed by atoms with E-state index in [-0.39, 0.29) is 29.9 Å². The number of likely N-dealkylation sites (N-methyl/N-ethyl adjacent to an activating group) is 1. The molecule has 2 atom stereocenters. The highest BCUT2D eigenvalue weighted by molar-refractivity contribution is 5.95. The molecule has 2 unspecified atom stereocenters. The molecule has 0 aliphatic heterocycles. The van der Waals surface area contributed by atoms with Crippen molar-refractivity contribution in [2.24, 2.45) is 17.3 Å². The van der Waals surface area contributed by atoms with Crippen molar-refractivity contribution >= 4 is 23.5 Å². The molecule has 6 heteroatoms. The SMILES string of the molecule is CCN(C(=O)COC(=O)C12CC3CC(CC(NC(C)=O)(C3)C1)C2)c1ccccc1. The largest absolute Gasteiger partial charge is 0.455 e. The predicted octanol–water partition coefficient (Wildman–Crippen LogP) is 3.06. The van der Waals surface area contributed by atoms with Gasteiger partial charge in [0.2, 0.25) is 5.91 Å². The Morgan fingerprint density at radius 1 is 1.10 bits per heavy atom. The minimum Gasteiger partial charge on any atom is -0.455 e. The normalized spacial score (nSPS) is 31.9. The smallest absolute Gasteiger partial charge is 0.312 e. The van der Waals surface area contributed by atoms with Crippen LogP contribution in [0.5, 0.6) is 0 Å². The van der Waals surface area contributed by atoms with Crippen LogP contribution in [0.1, 0.15) is 52.4 Å². The summed E-state index contributed by atoms with van der Waals surface area (Å²) in [5.74, 6) is 0.379. The Labute approximate surface area is 172 Å². The first-order valence-corrected chi connectivity index (χ1v) is 10.7. The van der Waals surface area contributed by atoms with Crippen molar-refractivity contribution < 1.29 is 19.1 Å². The summed E-state index contributed by atoms with van der Waals surface area (Å²) in [4.78, 5) is 39.3. The number of anilines is 1. The van der Waals surface area contributed by atoms with Gasteiger partial charge >= 0.3 is 5.97 Å². The summed E-state index contributed by atoms with van der Waals surface area (Å²) >= 11 is 0. The van der Waals surface area contributed by atoms with E-state index in [2.05, 4.69) is 5.32 Å². The maximum absolute atomic E-state index is 13.2. The molecule has 0 aromatic heterocycles. The van der Waals surface area contributed by atoms with Crippen molar-refractivity contribution in [2.75, 3.05) is 18.1 Å². The Bertz CT molecular complexity index is 792. The number of hydrogen-bond donors (Lipinski definition) is 1. The number of esters is 1. The minimum absolute atomic E-state index is 0.0351. The molecule has 1 N–H and O–H groups in total. The second kappa shape index (κ2) is 7.47. The van der Waals surface area contributed by atoms with Crippen LogP contribution in [0.15, 0.2) is 30.3 Å². The zero-order valence-corrected chi connectivity index (χ0v) is 17.3. The number of para-hydroxylation sites is 1. The van der Waals surface area contributed by atoms with E-state index in [0.29, 0.717) is 24.8 Å². The molecule has 4 fully saturated rings. The van der Waals surface area contributed by atoms with Crippen LogP contribution in [0.3, 0.4) is 0 Å². The molecular weight excluding hydrogens is 368 g/mol. The number of hydrogen-bond acceptors (Lipinski definition) is 4. The minimum atomic E-state index is -0.559. The average Bonchev–Trinajstić information content (AvgIpc) is 2.65. The molecule has 5 rings (SSSR count). The second-order valence-electron chi connectivity index (χ2n) is 9.25. The number of carbonyl (C=O) groups excluding carboxylic acids is 3. The van der Waals surface area contributed by atoms with E-state index in [1.54, 1.807) is 11.8 Å². The average molecular weight is 399 g/mol. The van der Waals surface area contributed by atoms with Gasteiger partial charge in [0.1, 0.15) is 0 Å². The summed E-state index contributed by atoms with van der Waals surface area (Å²) in [5.41, 5.74) is -0.0369. The summed E-state index contributed by atoms with van der Waals surface area (Å²) in [6, 6.07) is 9.42. The summed E-state index contributed by atoms with van der Waals surface area (Å²) in [6.45, 7) is 3.72. The van der Waals surface area contributed by atoms with Gasteiger partial charge < -0.3 is 15.0 Å². The first-order valence-electron chi connectivity index (χ1n) is 10.7. The van der Waals surface area contributed by atoms with Gasteiger partial charge in [0.25, 0.3) is 5.91 Å². The lowest BCUT2D eigenvalue weighted by atomic mass is 9.47. The third kappa shape index (κ3) is 3.77. The lowest BCUT2D eigenvalue weighted by Crippen LogP contribution is -2.64. The Kier molecular flexibility index (Phi) is 5.13. The first kappa shape index (κ1) is 19.9. The third-order valence-corrected chi connectivity index (χ3v) is 6.95. The molecule has 156 valence electrons. The van der Waals surface area contributed by atoms with Crippen molar-refractivity contribution in [1.82, 2.24) is 5.32 Å².